The molecule has 4 rings (SSSR count). The molecule has 2 fully saturated rings. The zero-order valence-corrected chi connectivity index (χ0v) is 16.3. The number of rotatable bonds is 4. The number of thioether (sulfide) groups is 1. The Morgan fingerprint density at radius 2 is 1.70 bits per heavy atom. The summed E-state index contributed by atoms with van der Waals surface area (Å²) in [4.78, 5) is 26.6. The van der Waals surface area contributed by atoms with E-state index < -0.39 is 0 Å². The highest BCUT2D eigenvalue weighted by molar-refractivity contribution is 8.00. The lowest BCUT2D eigenvalue weighted by molar-refractivity contribution is -0.119. The number of nitrogens with one attached hydrogen (secondary N) is 1. The number of carbonyl (C=O) groups excluding carboxylic acids is 2. The van der Waals surface area contributed by atoms with Crippen LogP contribution in [0.5, 0.6) is 0 Å². The van der Waals surface area contributed by atoms with E-state index in [0.29, 0.717) is 5.75 Å². The maximum absolute atomic E-state index is 12.5. The van der Waals surface area contributed by atoms with Gasteiger partial charge in [0.05, 0.1) is 5.75 Å². The van der Waals surface area contributed by atoms with E-state index in [1.54, 1.807) is 11.8 Å². The van der Waals surface area contributed by atoms with Crippen LogP contribution in [0.4, 0.5) is 11.4 Å². The Kier molecular flexibility index (Phi) is 5.21. The molecule has 1 N–H and O–H groups in total. The van der Waals surface area contributed by atoms with Crippen LogP contribution >= 0.6 is 11.8 Å². The third-order valence-electron chi connectivity index (χ3n) is 5.37. The lowest BCUT2D eigenvalue weighted by Gasteiger charge is -2.24. The van der Waals surface area contributed by atoms with E-state index >= 15 is 0 Å². The van der Waals surface area contributed by atoms with Gasteiger partial charge in [0.15, 0.2) is 0 Å². The van der Waals surface area contributed by atoms with Crippen molar-refractivity contribution in [1.82, 2.24) is 0 Å². The molecule has 1 saturated carbocycles. The van der Waals surface area contributed by atoms with Crippen LogP contribution in [0.15, 0.2) is 48.5 Å². The number of aryl methyl sites for hydroxylation is 1. The number of anilines is 2. The van der Waals surface area contributed by atoms with Crippen LogP contribution in [0.1, 0.15) is 42.2 Å². The molecule has 1 atom stereocenters. The van der Waals surface area contributed by atoms with Gasteiger partial charge in [-0.2, -0.15) is 0 Å². The molecular formula is C22H24N2O2S. The SMILES string of the molecule is Cc1ccc(N2C(=O)CSC2c2ccc(NC(=O)C3CCCC3)cc2)cc1. The molecule has 0 radical (unpaired) electrons. The first-order chi connectivity index (χ1) is 13.1. The third kappa shape index (κ3) is 3.88. The minimum atomic E-state index is -0.0280. The Morgan fingerprint density at radius 1 is 1.04 bits per heavy atom. The minimum absolute atomic E-state index is 0.0280. The van der Waals surface area contributed by atoms with Gasteiger partial charge in [-0.05, 0) is 49.6 Å². The van der Waals surface area contributed by atoms with Gasteiger partial charge in [-0.15, -0.1) is 11.8 Å². The van der Waals surface area contributed by atoms with Crippen LogP contribution in [0.25, 0.3) is 0 Å². The first-order valence-electron chi connectivity index (χ1n) is 9.53. The Balaban J connectivity index is 1.49. The zero-order valence-electron chi connectivity index (χ0n) is 15.5. The van der Waals surface area contributed by atoms with Gasteiger partial charge >= 0.3 is 0 Å². The standard InChI is InChI=1S/C22H24N2O2S/c1-15-6-12-19(13-7-15)24-20(25)14-27-22(24)17-8-10-18(11-9-17)23-21(26)16-4-2-3-5-16/h6-13,16,22H,2-5,14H2,1H3,(H,23,26). The van der Waals surface area contributed by atoms with Gasteiger partial charge in [0.25, 0.3) is 0 Å². The predicted octanol–water partition coefficient (Wildman–Crippen LogP) is 4.90. The van der Waals surface area contributed by atoms with E-state index in [1.807, 2.05) is 60.4 Å². The van der Waals surface area contributed by atoms with Crippen LogP contribution in [-0.2, 0) is 9.59 Å². The van der Waals surface area contributed by atoms with Crippen LogP contribution < -0.4 is 10.2 Å². The van der Waals surface area contributed by atoms with E-state index in [2.05, 4.69) is 5.32 Å². The topological polar surface area (TPSA) is 49.4 Å². The van der Waals surface area contributed by atoms with Crippen molar-refractivity contribution in [2.75, 3.05) is 16.0 Å². The second-order valence-corrected chi connectivity index (χ2v) is 8.42. The molecule has 1 saturated heterocycles. The molecule has 1 aliphatic heterocycles. The predicted molar refractivity (Wildman–Crippen MR) is 111 cm³/mol. The summed E-state index contributed by atoms with van der Waals surface area (Å²) in [5.41, 5.74) is 4.01. The molecule has 2 aromatic rings. The fourth-order valence-corrected chi connectivity index (χ4v) is 5.00. The first kappa shape index (κ1) is 18.1. The summed E-state index contributed by atoms with van der Waals surface area (Å²) in [6.45, 7) is 2.04. The fourth-order valence-electron chi connectivity index (χ4n) is 3.82. The normalized spacial score (nSPS) is 20.3. The van der Waals surface area contributed by atoms with E-state index in [1.165, 1.54) is 5.56 Å². The summed E-state index contributed by atoms with van der Waals surface area (Å²) in [6.07, 6.45) is 4.30. The number of amides is 2. The maximum Gasteiger partial charge on any atom is 0.238 e. The molecule has 2 aromatic carbocycles. The molecule has 1 aliphatic carbocycles. The van der Waals surface area contributed by atoms with Crippen molar-refractivity contribution >= 4 is 35.0 Å². The van der Waals surface area contributed by atoms with Gasteiger partial charge < -0.3 is 5.32 Å². The summed E-state index contributed by atoms with van der Waals surface area (Å²) in [5.74, 6) is 0.905. The zero-order chi connectivity index (χ0) is 18.8. The molecular weight excluding hydrogens is 356 g/mol. The number of hydrogen-bond acceptors (Lipinski definition) is 3. The molecule has 5 heteroatoms. The van der Waals surface area contributed by atoms with E-state index in [-0.39, 0.29) is 23.1 Å². The number of benzene rings is 2. The molecule has 1 heterocycles. The summed E-state index contributed by atoms with van der Waals surface area (Å²) in [6, 6.07) is 16.0. The highest BCUT2D eigenvalue weighted by Crippen LogP contribution is 2.42. The smallest absolute Gasteiger partial charge is 0.238 e. The Labute approximate surface area is 164 Å². The molecule has 1 unspecified atom stereocenters. The summed E-state index contributed by atoms with van der Waals surface area (Å²) in [5, 5.41) is 3.01. The molecule has 4 nitrogen and oxygen atoms in total. The molecule has 27 heavy (non-hydrogen) atoms. The molecule has 140 valence electrons. The molecule has 0 aromatic heterocycles. The highest BCUT2D eigenvalue weighted by atomic mass is 32.2. The quantitative estimate of drug-likeness (QED) is 0.820. The second kappa shape index (κ2) is 7.77. The van der Waals surface area contributed by atoms with Crippen molar-refractivity contribution in [2.45, 2.75) is 38.0 Å². The highest BCUT2D eigenvalue weighted by Gasteiger charge is 2.34. The Hall–Kier alpha value is -2.27. The first-order valence-corrected chi connectivity index (χ1v) is 10.6. The van der Waals surface area contributed by atoms with Gasteiger partial charge in [-0.1, -0.05) is 42.7 Å². The van der Waals surface area contributed by atoms with Gasteiger partial charge in [-0.25, -0.2) is 0 Å². The van der Waals surface area contributed by atoms with Crippen molar-refractivity contribution in [3.8, 4) is 0 Å². The number of nitrogens with zero attached hydrogens (tertiary/aromatic N) is 1. The summed E-state index contributed by atoms with van der Waals surface area (Å²) in [7, 11) is 0. The number of hydrogen-bond donors (Lipinski definition) is 1. The average Bonchev–Trinajstić information content (AvgIpc) is 3.33. The third-order valence-corrected chi connectivity index (χ3v) is 6.58. The van der Waals surface area contributed by atoms with Crippen molar-refractivity contribution < 1.29 is 9.59 Å². The minimum Gasteiger partial charge on any atom is -0.326 e. The second-order valence-electron chi connectivity index (χ2n) is 7.36. The van der Waals surface area contributed by atoms with E-state index in [4.69, 9.17) is 0 Å². The maximum atomic E-state index is 12.5. The van der Waals surface area contributed by atoms with Crippen molar-refractivity contribution in [2.24, 2.45) is 5.92 Å². The Bertz CT molecular complexity index is 826. The Morgan fingerprint density at radius 3 is 2.37 bits per heavy atom. The lowest BCUT2D eigenvalue weighted by atomic mass is 10.1. The van der Waals surface area contributed by atoms with E-state index in [9.17, 15) is 9.59 Å². The molecule has 2 amide bonds. The average molecular weight is 381 g/mol. The monoisotopic (exact) mass is 380 g/mol. The van der Waals surface area contributed by atoms with Crippen molar-refractivity contribution in [1.29, 1.82) is 0 Å². The summed E-state index contributed by atoms with van der Waals surface area (Å²) < 4.78 is 0. The fraction of sp³-hybridized carbons (Fsp3) is 0.364. The molecule has 0 bridgehead atoms. The van der Waals surface area contributed by atoms with Gasteiger partial charge in [0.1, 0.15) is 5.37 Å². The van der Waals surface area contributed by atoms with Gasteiger partial charge in [0, 0.05) is 17.3 Å². The van der Waals surface area contributed by atoms with E-state index in [0.717, 1.165) is 42.6 Å². The van der Waals surface area contributed by atoms with Crippen LogP contribution in [-0.4, -0.2) is 17.6 Å². The lowest BCUT2D eigenvalue weighted by Crippen LogP contribution is -2.27. The summed E-state index contributed by atoms with van der Waals surface area (Å²) >= 11 is 1.64. The van der Waals surface area contributed by atoms with Gasteiger partial charge in [-0.3, -0.25) is 14.5 Å². The van der Waals surface area contributed by atoms with Crippen molar-refractivity contribution in [3.05, 3.63) is 59.7 Å². The van der Waals surface area contributed by atoms with Crippen molar-refractivity contribution in [3.63, 3.8) is 0 Å². The van der Waals surface area contributed by atoms with Gasteiger partial charge in [0.2, 0.25) is 11.8 Å². The largest absolute Gasteiger partial charge is 0.326 e. The molecule has 2 aliphatic rings. The van der Waals surface area contributed by atoms with Crippen LogP contribution in [0.2, 0.25) is 0 Å². The van der Waals surface area contributed by atoms with Crippen LogP contribution in [0, 0.1) is 12.8 Å². The van der Waals surface area contributed by atoms with Crippen LogP contribution in [0.3, 0.4) is 0 Å². The number of carbonyl (C=O) groups is 2. The molecule has 0 spiro atoms.